The maximum Gasteiger partial charge on any atom is 0.0676 e. The molecule has 110 valence electrons. The van der Waals surface area contributed by atoms with E-state index in [1.54, 1.807) is 0 Å². The van der Waals surface area contributed by atoms with E-state index in [-0.39, 0.29) is 0 Å². The summed E-state index contributed by atoms with van der Waals surface area (Å²) in [6, 6.07) is 0. The average Bonchev–Trinajstić information content (AvgIpc) is 2.36. The maximum atomic E-state index is 5.85. The van der Waals surface area contributed by atoms with Crippen LogP contribution in [0.2, 0.25) is 0 Å². The van der Waals surface area contributed by atoms with Crippen LogP contribution in [-0.4, -0.2) is 13.2 Å². The van der Waals surface area contributed by atoms with Crippen molar-refractivity contribution in [1.82, 2.24) is 0 Å². The molecule has 0 bridgehead atoms. The second-order valence-electron chi connectivity index (χ2n) is 5.59. The summed E-state index contributed by atoms with van der Waals surface area (Å²) in [5.41, 5.74) is 2.83. The molecule has 0 aromatic rings. The fourth-order valence-corrected chi connectivity index (χ4v) is 1.89. The summed E-state index contributed by atoms with van der Waals surface area (Å²) in [5.74, 6) is 0.603. The Balaban J connectivity index is 3.88. The predicted octanol–water partition coefficient (Wildman–Crippen LogP) is 5.69. The van der Waals surface area contributed by atoms with E-state index in [2.05, 4.69) is 46.4 Å². The Labute approximate surface area is 120 Å². The Kier molecular flexibility index (Phi) is 11.7. The molecule has 0 aliphatic rings. The van der Waals surface area contributed by atoms with Gasteiger partial charge >= 0.3 is 0 Å². The zero-order chi connectivity index (χ0) is 14.5. The van der Waals surface area contributed by atoms with E-state index < -0.39 is 0 Å². The highest BCUT2D eigenvalue weighted by Gasteiger charge is 2.02. The molecule has 0 amide bonds. The summed E-state index contributed by atoms with van der Waals surface area (Å²) in [4.78, 5) is 0. The lowest BCUT2D eigenvalue weighted by Gasteiger charge is -2.12. The Hall–Kier alpha value is -0.820. The zero-order valence-corrected chi connectivity index (χ0v) is 13.4. The SMILES string of the molecule is C=CCCC/C(=C\CC)COCC(C)CC=C(C)C. The van der Waals surface area contributed by atoms with Crippen molar-refractivity contribution in [3.05, 3.63) is 36.0 Å². The summed E-state index contributed by atoms with van der Waals surface area (Å²) in [6.07, 6.45) is 12.2. The molecule has 0 radical (unpaired) electrons. The highest BCUT2D eigenvalue weighted by molar-refractivity contribution is 5.02. The summed E-state index contributed by atoms with van der Waals surface area (Å²) in [6.45, 7) is 14.1. The molecule has 0 rings (SSSR count). The molecule has 1 heteroatoms. The second kappa shape index (κ2) is 12.2. The van der Waals surface area contributed by atoms with Crippen molar-refractivity contribution < 1.29 is 4.74 Å². The average molecular weight is 264 g/mol. The topological polar surface area (TPSA) is 9.23 Å². The Morgan fingerprint density at radius 2 is 2.00 bits per heavy atom. The molecular weight excluding hydrogens is 232 g/mol. The predicted molar refractivity (Wildman–Crippen MR) is 86.5 cm³/mol. The molecular formula is C18H32O. The molecule has 1 unspecified atom stereocenters. The molecule has 1 atom stereocenters. The minimum atomic E-state index is 0.603. The van der Waals surface area contributed by atoms with Gasteiger partial charge in [0.05, 0.1) is 6.61 Å². The lowest BCUT2D eigenvalue weighted by Crippen LogP contribution is -2.08. The van der Waals surface area contributed by atoms with E-state index in [0.29, 0.717) is 5.92 Å². The molecule has 0 heterocycles. The van der Waals surface area contributed by atoms with Gasteiger partial charge in [-0.05, 0) is 57.4 Å². The van der Waals surface area contributed by atoms with E-state index >= 15 is 0 Å². The minimum Gasteiger partial charge on any atom is -0.377 e. The lowest BCUT2D eigenvalue weighted by molar-refractivity contribution is 0.122. The Morgan fingerprint density at radius 3 is 2.58 bits per heavy atom. The highest BCUT2D eigenvalue weighted by Crippen LogP contribution is 2.11. The van der Waals surface area contributed by atoms with Crippen LogP contribution in [0.25, 0.3) is 0 Å². The first-order chi connectivity index (χ1) is 9.10. The third kappa shape index (κ3) is 12.0. The van der Waals surface area contributed by atoms with Crippen LogP contribution in [-0.2, 0) is 4.74 Å². The molecule has 19 heavy (non-hydrogen) atoms. The van der Waals surface area contributed by atoms with Crippen molar-refractivity contribution in [3.8, 4) is 0 Å². The second-order valence-corrected chi connectivity index (χ2v) is 5.59. The molecule has 0 fully saturated rings. The monoisotopic (exact) mass is 264 g/mol. The van der Waals surface area contributed by atoms with Gasteiger partial charge in [0, 0.05) is 6.61 Å². The van der Waals surface area contributed by atoms with Crippen molar-refractivity contribution in [3.63, 3.8) is 0 Å². The highest BCUT2D eigenvalue weighted by atomic mass is 16.5. The number of hydrogen-bond donors (Lipinski definition) is 0. The summed E-state index contributed by atoms with van der Waals surface area (Å²) in [7, 11) is 0. The van der Waals surface area contributed by atoms with Crippen molar-refractivity contribution in [1.29, 1.82) is 0 Å². The van der Waals surface area contributed by atoms with Gasteiger partial charge < -0.3 is 4.74 Å². The molecule has 0 N–H and O–H groups in total. The van der Waals surface area contributed by atoms with Crippen LogP contribution in [0.3, 0.4) is 0 Å². The molecule has 0 aliphatic carbocycles. The summed E-state index contributed by atoms with van der Waals surface area (Å²) >= 11 is 0. The fraction of sp³-hybridized carbons (Fsp3) is 0.667. The molecule has 0 aromatic heterocycles. The van der Waals surface area contributed by atoms with Gasteiger partial charge in [0.25, 0.3) is 0 Å². The minimum absolute atomic E-state index is 0.603. The normalized spacial score (nSPS) is 13.2. The number of unbranched alkanes of at least 4 members (excludes halogenated alkanes) is 1. The molecule has 0 saturated carbocycles. The van der Waals surface area contributed by atoms with Crippen LogP contribution in [0.15, 0.2) is 36.0 Å². The van der Waals surface area contributed by atoms with Gasteiger partial charge in [0.2, 0.25) is 0 Å². The number of ether oxygens (including phenoxy) is 1. The van der Waals surface area contributed by atoms with Gasteiger partial charge in [-0.3, -0.25) is 0 Å². The van der Waals surface area contributed by atoms with Crippen LogP contribution in [0.1, 0.15) is 59.8 Å². The smallest absolute Gasteiger partial charge is 0.0676 e. The van der Waals surface area contributed by atoms with Gasteiger partial charge in [0.1, 0.15) is 0 Å². The molecule has 0 aromatic carbocycles. The van der Waals surface area contributed by atoms with Crippen molar-refractivity contribution in [2.24, 2.45) is 5.92 Å². The Morgan fingerprint density at radius 1 is 1.26 bits per heavy atom. The summed E-state index contributed by atoms with van der Waals surface area (Å²) < 4.78 is 5.85. The number of allylic oxidation sites excluding steroid dienone is 4. The van der Waals surface area contributed by atoms with E-state index in [9.17, 15) is 0 Å². The van der Waals surface area contributed by atoms with Gasteiger partial charge in [-0.25, -0.2) is 0 Å². The van der Waals surface area contributed by atoms with Gasteiger partial charge in [-0.1, -0.05) is 37.6 Å². The standard InChI is InChI=1S/C18H32O/c1-6-8-9-11-18(10-7-2)15-19-14-17(5)13-12-16(3)4/h6,10,12,17H,1,7-9,11,13-15H2,2-5H3/b18-10+. The number of rotatable bonds is 11. The third-order valence-corrected chi connectivity index (χ3v) is 3.02. The Bertz CT molecular complexity index is 282. The zero-order valence-electron chi connectivity index (χ0n) is 13.4. The van der Waals surface area contributed by atoms with Crippen LogP contribution in [0.5, 0.6) is 0 Å². The van der Waals surface area contributed by atoms with Crippen molar-refractivity contribution in [2.45, 2.75) is 59.8 Å². The third-order valence-electron chi connectivity index (χ3n) is 3.02. The van der Waals surface area contributed by atoms with Gasteiger partial charge in [-0.2, -0.15) is 0 Å². The largest absolute Gasteiger partial charge is 0.377 e. The quantitative estimate of drug-likeness (QED) is 0.344. The van der Waals surface area contributed by atoms with E-state index in [1.165, 1.54) is 17.6 Å². The molecule has 0 spiro atoms. The van der Waals surface area contributed by atoms with Crippen LogP contribution in [0.4, 0.5) is 0 Å². The van der Waals surface area contributed by atoms with Gasteiger partial charge in [0.15, 0.2) is 0 Å². The van der Waals surface area contributed by atoms with Gasteiger partial charge in [-0.15, -0.1) is 6.58 Å². The first-order valence-corrected chi connectivity index (χ1v) is 7.60. The molecule has 0 saturated heterocycles. The summed E-state index contributed by atoms with van der Waals surface area (Å²) in [5, 5.41) is 0. The van der Waals surface area contributed by atoms with Crippen LogP contribution >= 0.6 is 0 Å². The van der Waals surface area contributed by atoms with E-state index in [4.69, 9.17) is 4.74 Å². The first kappa shape index (κ1) is 18.2. The van der Waals surface area contributed by atoms with Crippen molar-refractivity contribution >= 4 is 0 Å². The molecule has 1 nitrogen and oxygen atoms in total. The van der Waals surface area contributed by atoms with Crippen LogP contribution < -0.4 is 0 Å². The van der Waals surface area contributed by atoms with E-state index in [1.807, 2.05) is 6.08 Å². The van der Waals surface area contributed by atoms with Crippen LogP contribution in [0, 0.1) is 5.92 Å². The lowest BCUT2D eigenvalue weighted by atomic mass is 10.1. The first-order valence-electron chi connectivity index (χ1n) is 7.60. The maximum absolute atomic E-state index is 5.85. The fourth-order valence-electron chi connectivity index (χ4n) is 1.89. The molecule has 0 aliphatic heterocycles. The number of hydrogen-bond acceptors (Lipinski definition) is 1. The van der Waals surface area contributed by atoms with E-state index in [0.717, 1.165) is 38.9 Å². The van der Waals surface area contributed by atoms with Crippen molar-refractivity contribution in [2.75, 3.05) is 13.2 Å².